The highest BCUT2D eigenvalue weighted by Gasteiger charge is 2.19. The van der Waals surface area contributed by atoms with Gasteiger partial charge in [0.05, 0.1) is 6.04 Å². The van der Waals surface area contributed by atoms with Gasteiger partial charge in [-0.3, -0.25) is 0 Å². The smallest absolute Gasteiger partial charge is 0.408 e. The lowest BCUT2D eigenvalue weighted by molar-refractivity contribution is 0.0502. The van der Waals surface area contributed by atoms with E-state index in [-0.39, 0.29) is 11.9 Å². The summed E-state index contributed by atoms with van der Waals surface area (Å²) in [7, 11) is 0. The average Bonchev–Trinajstić information content (AvgIpc) is 2.25. The number of carbonyl (C=O) groups is 1. The third-order valence-corrected chi connectivity index (χ3v) is 2.37. The number of hydrogen-bond acceptors (Lipinski definition) is 2. The Kier molecular flexibility index (Phi) is 4.70. The molecular formula is C14H20FNO2. The van der Waals surface area contributed by atoms with Crippen LogP contribution in [-0.4, -0.2) is 11.7 Å². The van der Waals surface area contributed by atoms with Crippen molar-refractivity contribution in [2.24, 2.45) is 0 Å². The SMILES string of the molecule is CC[C@H](NC(=O)OC(C)(C)C)c1ccc(F)cc1. The monoisotopic (exact) mass is 253 g/mol. The van der Waals surface area contributed by atoms with Crippen LogP contribution in [0.5, 0.6) is 0 Å². The number of benzene rings is 1. The first-order valence-electron chi connectivity index (χ1n) is 6.07. The average molecular weight is 253 g/mol. The number of hydrogen-bond donors (Lipinski definition) is 1. The first-order valence-corrected chi connectivity index (χ1v) is 6.07. The van der Waals surface area contributed by atoms with E-state index in [0.29, 0.717) is 6.42 Å². The Balaban J connectivity index is 2.68. The Labute approximate surface area is 107 Å². The summed E-state index contributed by atoms with van der Waals surface area (Å²) in [6, 6.07) is 5.94. The van der Waals surface area contributed by atoms with Crippen LogP contribution in [0.4, 0.5) is 9.18 Å². The molecule has 0 heterocycles. The fourth-order valence-corrected chi connectivity index (χ4v) is 1.57. The normalized spacial score (nSPS) is 12.9. The number of alkyl carbamates (subject to hydrolysis) is 1. The molecule has 18 heavy (non-hydrogen) atoms. The molecule has 1 aromatic carbocycles. The van der Waals surface area contributed by atoms with E-state index in [2.05, 4.69) is 5.32 Å². The van der Waals surface area contributed by atoms with E-state index in [1.165, 1.54) is 12.1 Å². The second-order valence-corrected chi connectivity index (χ2v) is 5.16. The molecule has 1 rings (SSSR count). The van der Waals surface area contributed by atoms with E-state index in [0.717, 1.165) is 5.56 Å². The molecule has 0 fully saturated rings. The van der Waals surface area contributed by atoms with Crippen molar-refractivity contribution in [1.29, 1.82) is 0 Å². The lowest BCUT2D eigenvalue weighted by Crippen LogP contribution is -2.34. The zero-order chi connectivity index (χ0) is 13.8. The molecule has 0 aliphatic heterocycles. The fraction of sp³-hybridized carbons (Fsp3) is 0.500. The third-order valence-electron chi connectivity index (χ3n) is 2.37. The molecular weight excluding hydrogens is 233 g/mol. The highest BCUT2D eigenvalue weighted by Crippen LogP contribution is 2.18. The van der Waals surface area contributed by atoms with Gasteiger partial charge in [-0.1, -0.05) is 19.1 Å². The number of nitrogens with one attached hydrogen (secondary N) is 1. The number of amides is 1. The van der Waals surface area contributed by atoms with E-state index in [4.69, 9.17) is 4.74 Å². The van der Waals surface area contributed by atoms with Crippen molar-refractivity contribution in [3.63, 3.8) is 0 Å². The summed E-state index contributed by atoms with van der Waals surface area (Å²) in [5, 5.41) is 2.78. The summed E-state index contributed by atoms with van der Waals surface area (Å²) in [5.74, 6) is -0.286. The molecule has 0 aromatic heterocycles. The van der Waals surface area contributed by atoms with E-state index >= 15 is 0 Å². The van der Waals surface area contributed by atoms with Gasteiger partial charge in [-0.25, -0.2) is 9.18 Å². The van der Waals surface area contributed by atoms with Crippen LogP contribution < -0.4 is 5.32 Å². The van der Waals surface area contributed by atoms with Gasteiger partial charge in [0, 0.05) is 0 Å². The van der Waals surface area contributed by atoms with Gasteiger partial charge < -0.3 is 10.1 Å². The standard InChI is InChI=1S/C14H20FNO2/c1-5-12(10-6-8-11(15)9-7-10)16-13(17)18-14(2,3)4/h6-9,12H,5H2,1-4H3,(H,16,17)/t12-/m0/s1. The molecule has 0 aliphatic carbocycles. The minimum absolute atomic E-state index is 0.166. The van der Waals surface area contributed by atoms with Crippen LogP contribution in [0.2, 0.25) is 0 Å². The number of carbonyl (C=O) groups excluding carboxylic acids is 1. The maximum absolute atomic E-state index is 12.8. The Morgan fingerprint density at radius 2 is 1.89 bits per heavy atom. The van der Waals surface area contributed by atoms with Gasteiger partial charge in [0.25, 0.3) is 0 Å². The van der Waals surface area contributed by atoms with Crippen molar-refractivity contribution in [2.75, 3.05) is 0 Å². The zero-order valence-electron chi connectivity index (χ0n) is 11.3. The number of rotatable bonds is 3. The van der Waals surface area contributed by atoms with Crippen LogP contribution in [0, 0.1) is 5.82 Å². The Bertz CT molecular complexity index is 395. The maximum Gasteiger partial charge on any atom is 0.408 e. The number of halogens is 1. The lowest BCUT2D eigenvalue weighted by atomic mass is 10.0. The summed E-state index contributed by atoms with van der Waals surface area (Å²) in [6.45, 7) is 7.38. The van der Waals surface area contributed by atoms with Crippen molar-refractivity contribution >= 4 is 6.09 Å². The van der Waals surface area contributed by atoms with Gasteiger partial charge in [0.2, 0.25) is 0 Å². The van der Waals surface area contributed by atoms with Crippen LogP contribution in [-0.2, 0) is 4.74 Å². The molecule has 0 unspecified atom stereocenters. The molecule has 0 saturated heterocycles. The largest absolute Gasteiger partial charge is 0.444 e. The summed E-state index contributed by atoms with van der Waals surface area (Å²) in [4.78, 5) is 11.7. The molecule has 0 saturated carbocycles. The molecule has 1 amide bonds. The molecule has 0 aliphatic rings. The lowest BCUT2D eigenvalue weighted by Gasteiger charge is -2.23. The number of ether oxygens (including phenoxy) is 1. The predicted octanol–water partition coefficient (Wildman–Crippen LogP) is 3.80. The molecule has 0 spiro atoms. The molecule has 1 atom stereocenters. The Hall–Kier alpha value is -1.58. The second-order valence-electron chi connectivity index (χ2n) is 5.16. The summed E-state index contributed by atoms with van der Waals surface area (Å²) >= 11 is 0. The molecule has 0 bridgehead atoms. The van der Waals surface area contributed by atoms with Gasteiger partial charge >= 0.3 is 6.09 Å². The Morgan fingerprint density at radius 3 is 2.33 bits per heavy atom. The van der Waals surface area contributed by atoms with Crippen LogP contribution in [0.1, 0.15) is 45.7 Å². The van der Waals surface area contributed by atoms with Crippen molar-refractivity contribution < 1.29 is 13.9 Å². The van der Waals surface area contributed by atoms with Crippen LogP contribution in [0.25, 0.3) is 0 Å². The van der Waals surface area contributed by atoms with Crippen LogP contribution >= 0.6 is 0 Å². The topological polar surface area (TPSA) is 38.3 Å². The van der Waals surface area contributed by atoms with Gasteiger partial charge in [-0.15, -0.1) is 0 Å². The molecule has 100 valence electrons. The summed E-state index contributed by atoms with van der Waals surface area (Å²) in [6.07, 6.45) is 0.254. The van der Waals surface area contributed by atoms with Crippen molar-refractivity contribution in [3.05, 3.63) is 35.6 Å². The van der Waals surface area contributed by atoms with Crippen molar-refractivity contribution in [2.45, 2.75) is 45.8 Å². The van der Waals surface area contributed by atoms with E-state index in [1.54, 1.807) is 12.1 Å². The van der Waals surface area contributed by atoms with Crippen molar-refractivity contribution in [3.8, 4) is 0 Å². The summed E-state index contributed by atoms with van der Waals surface area (Å²) in [5.41, 5.74) is 0.343. The van der Waals surface area contributed by atoms with Gasteiger partial charge in [0.15, 0.2) is 0 Å². The zero-order valence-corrected chi connectivity index (χ0v) is 11.3. The van der Waals surface area contributed by atoms with Gasteiger partial charge in [-0.2, -0.15) is 0 Å². The molecule has 4 heteroatoms. The van der Waals surface area contributed by atoms with E-state index < -0.39 is 11.7 Å². The third kappa shape index (κ3) is 4.73. The quantitative estimate of drug-likeness (QED) is 0.889. The predicted molar refractivity (Wildman–Crippen MR) is 68.8 cm³/mol. The fourth-order valence-electron chi connectivity index (χ4n) is 1.57. The van der Waals surface area contributed by atoms with E-state index in [1.807, 2.05) is 27.7 Å². The highest BCUT2D eigenvalue weighted by atomic mass is 19.1. The minimum atomic E-state index is -0.523. The minimum Gasteiger partial charge on any atom is -0.444 e. The molecule has 1 N–H and O–H groups in total. The van der Waals surface area contributed by atoms with Gasteiger partial charge in [0.1, 0.15) is 11.4 Å². The van der Waals surface area contributed by atoms with Gasteiger partial charge in [-0.05, 0) is 44.9 Å². The first kappa shape index (κ1) is 14.5. The van der Waals surface area contributed by atoms with Crippen molar-refractivity contribution in [1.82, 2.24) is 5.32 Å². The summed E-state index contributed by atoms with van der Waals surface area (Å²) < 4.78 is 18.0. The molecule has 0 radical (unpaired) electrons. The first-order chi connectivity index (χ1) is 8.31. The highest BCUT2D eigenvalue weighted by molar-refractivity contribution is 5.68. The second kappa shape index (κ2) is 5.85. The van der Waals surface area contributed by atoms with Crippen LogP contribution in [0.15, 0.2) is 24.3 Å². The molecule has 3 nitrogen and oxygen atoms in total. The van der Waals surface area contributed by atoms with E-state index in [9.17, 15) is 9.18 Å². The van der Waals surface area contributed by atoms with Crippen LogP contribution in [0.3, 0.4) is 0 Å². The molecule has 1 aromatic rings. The maximum atomic E-state index is 12.8. The Morgan fingerprint density at radius 1 is 1.33 bits per heavy atom.